The second-order valence-electron chi connectivity index (χ2n) is 1.11. The van der Waals surface area contributed by atoms with E-state index < -0.39 is 0 Å². The molecule has 0 amide bonds. The molecule has 0 fully saturated rings. The monoisotopic (exact) mass is 209 g/mol. The fraction of sp³-hybridized carbons (Fsp3) is 1.00. The topological polar surface area (TPSA) is 0 Å². The molecule has 0 aliphatic carbocycles. The largest absolute Gasteiger partial charge is 0.147 e. The third kappa shape index (κ3) is 8.94. The zero-order chi connectivity index (χ0) is 4.12. The van der Waals surface area contributed by atoms with Crippen LogP contribution in [-0.4, -0.2) is 22.9 Å². The molecule has 0 rings (SSSR count). The predicted molar refractivity (Wildman–Crippen MR) is 34.0 cm³/mol. The Labute approximate surface area is 57.5 Å². The van der Waals surface area contributed by atoms with Crippen molar-refractivity contribution in [3.05, 3.63) is 0 Å². The molecule has 0 heterocycles. The molecule has 0 aromatic heterocycles. The summed E-state index contributed by atoms with van der Waals surface area (Å²) < 4.78 is 3.07. The summed E-state index contributed by atoms with van der Waals surface area (Å²) >= 11 is 0.0800. The third-order valence-corrected chi connectivity index (χ3v) is 3.87. The van der Waals surface area contributed by atoms with Crippen LogP contribution in [0.4, 0.5) is 0 Å². The minimum Gasteiger partial charge on any atom is -0.147 e. The first kappa shape index (κ1) is 10.2. The van der Waals surface area contributed by atoms with E-state index >= 15 is 0 Å². The molecule has 1 radical (unpaired) electrons. The molecule has 2 heteroatoms. The maximum absolute atomic E-state index is 2.30. The quantitative estimate of drug-likeness (QED) is 0.652. The summed E-state index contributed by atoms with van der Waals surface area (Å²) in [5.41, 5.74) is 0. The van der Waals surface area contributed by atoms with Gasteiger partial charge >= 0.3 is 45.1 Å². The second kappa shape index (κ2) is 9.48. The molecule has 0 atom stereocenters. The number of halogens is 1. The van der Waals surface area contributed by atoms with Gasteiger partial charge in [-0.2, -0.15) is 0 Å². The van der Waals surface area contributed by atoms with Crippen molar-refractivity contribution in [3.8, 4) is 0 Å². The Morgan fingerprint density at radius 1 is 1.17 bits per heavy atom. The maximum atomic E-state index is 2.30. The molecular formula is C4H11ClIn. The smallest absolute Gasteiger partial charge is 0.147 e. The van der Waals surface area contributed by atoms with E-state index in [2.05, 4.69) is 13.8 Å². The van der Waals surface area contributed by atoms with Gasteiger partial charge in [0.15, 0.2) is 0 Å². The number of hydrogen-bond donors (Lipinski definition) is 0. The van der Waals surface area contributed by atoms with E-state index in [0.717, 1.165) is 0 Å². The van der Waals surface area contributed by atoms with Crippen molar-refractivity contribution < 1.29 is 0 Å². The molecule has 0 saturated carbocycles. The molecule has 6 heavy (non-hydrogen) atoms. The number of hydrogen-bond acceptors (Lipinski definition) is 0. The van der Waals surface area contributed by atoms with Gasteiger partial charge in [-0.15, -0.1) is 12.4 Å². The van der Waals surface area contributed by atoms with Crippen molar-refractivity contribution in [1.29, 1.82) is 0 Å². The van der Waals surface area contributed by atoms with Gasteiger partial charge in [-0.1, -0.05) is 0 Å². The van der Waals surface area contributed by atoms with Gasteiger partial charge in [0.05, 0.1) is 0 Å². The van der Waals surface area contributed by atoms with Gasteiger partial charge in [-0.3, -0.25) is 0 Å². The Bertz CT molecular complexity index is 15.0. The van der Waals surface area contributed by atoms with Crippen LogP contribution in [0.1, 0.15) is 13.8 Å². The van der Waals surface area contributed by atoms with Gasteiger partial charge in [0.25, 0.3) is 0 Å². The first-order valence-electron chi connectivity index (χ1n) is 2.23. The van der Waals surface area contributed by atoms with Gasteiger partial charge in [0.1, 0.15) is 0 Å². The second-order valence-corrected chi connectivity index (χ2v) is 7.41. The van der Waals surface area contributed by atoms with Gasteiger partial charge in [0, 0.05) is 0 Å². The van der Waals surface area contributed by atoms with Gasteiger partial charge < -0.3 is 0 Å². The van der Waals surface area contributed by atoms with Gasteiger partial charge in [-0.05, 0) is 0 Å². The SMILES string of the molecule is C[CH2][In][CH2]C.Cl. The van der Waals surface area contributed by atoms with Crippen molar-refractivity contribution in [2.75, 3.05) is 0 Å². The summed E-state index contributed by atoms with van der Waals surface area (Å²) in [6.45, 7) is 4.59. The molecule has 0 aromatic carbocycles. The standard InChI is InChI=1S/2C2H5.ClH.In/c2*1-2;;/h2*1H2,2H3;1H;. The van der Waals surface area contributed by atoms with Crippen LogP contribution in [-0.2, 0) is 0 Å². The normalized spacial score (nSPS) is 6.33. The maximum Gasteiger partial charge on any atom is -0.147 e. The van der Waals surface area contributed by atoms with Crippen LogP contribution in [0, 0.1) is 0 Å². The molecule has 0 bridgehead atoms. The van der Waals surface area contributed by atoms with Crippen LogP contribution in [0.2, 0.25) is 8.35 Å². The molecule has 0 unspecified atom stereocenters. The molecule has 0 aliphatic rings. The molecule has 0 aliphatic heterocycles. The minimum absolute atomic E-state index is 0. The van der Waals surface area contributed by atoms with Crippen molar-refractivity contribution >= 4 is 35.3 Å². The molecule has 0 nitrogen and oxygen atoms in total. The summed E-state index contributed by atoms with van der Waals surface area (Å²) in [4.78, 5) is 0. The van der Waals surface area contributed by atoms with Gasteiger partial charge in [0.2, 0.25) is 0 Å². The van der Waals surface area contributed by atoms with Crippen molar-refractivity contribution in [3.63, 3.8) is 0 Å². The van der Waals surface area contributed by atoms with Gasteiger partial charge in [-0.25, -0.2) is 0 Å². The predicted octanol–water partition coefficient (Wildman–Crippen LogP) is 1.99. The number of rotatable bonds is 2. The Balaban J connectivity index is 0. The van der Waals surface area contributed by atoms with Crippen molar-refractivity contribution in [1.82, 2.24) is 0 Å². The van der Waals surface area contributed by atoms with E-state index in [4.69, 9.17) is 0 Å². The molecule has 37 valence electrons. The summed E-state index contributed by atoms with van der Waals surface area (Å²) in [6, 6.07) is 0. The first-order chi connectivity index (χ1) is 2.41. The van der Waals surface area contributed by atoms with E-state index in [-0.39, 0.29) is 35.3 Å². The van der Waals surface area contributed by atoms with Crippen molar-refractivity contribution in [2.24, 2.45) is 0 Å². The van der Waals surface area contributed by atoms with Crippen LogP contribution in [0.3, 0.4) is 0 Å². The Morgan fingerprint density at radius 3 is 1.50 bits per heavy atom. The summed E-state index contributed by atoms with van der Waals surface area (Å²) in [5, 5.41) is 0. The van der Waals surface area contributed by atoms with E-state index in [0.29, 0.717) is 0 Å². The fourth-order valence-corrected chi connectivity index (χ4v) is 1.94. The first-order valence-corrected chi connectivity index (χ1v) is 6.89. The average Bonchev–Trinajstić information content (AvgIpc) is 1.41. The van der Waals surface area contributed by atoms with Crippen LogP contribution in [0.15, 0.2) is 0 Å². The molecular weight excluding hydrogens is 198 g/mol. The zero-order valence-electron chi connectivity index (χ0n) is 4.40. The zero-order valence-corrected chi connectivity index (χ0v) is 8.51. The molecule has 0 N–H and O–H groups in total. The van der Waals surface area contributed by atoms with Crippen LogP contribution >= 0.6 is 12.4 Å². The molecule has 0 saturated heterocycles. The van der Waals surface area contributed by atoms with E-state index in [9.17, 15) is 0 Å². The van der Waals surface area contributed by atoms with E-state index in [1.165, 1.54) is 8.35 Å². The summed E-state index contributed by atoms with van der Waals surface area (Å²) in [6.07, 6.45) is 0. The molecule has 0 spiro atoms. The summed E-state index contributed by atoms with van der Waals surface area (Å²) in [7, 11) is 0. The molecule has 0 aromatic rings. The Hall–Kier alpha value is 1.16. The van der Waals surface area contributed by atoms with E-state index in [1.54, 1.807) is 0 Å². The average molecular weight is 209 g/mol. The third-order valence-electron chi connectivity index (χ3n) is 0.577. The van der Waals surface area contributed by atoms with Crippen LogP contribution in [0.5, 0.6) is 0 Å². The van der Waals surface area contributed by atoms with Crippen LogP contribution in [0.25, 0.3) is 0 Å². The fourth-order valence-electron chi connectivity index (χ4n) is 0.289. The van der Waals surface area contributed by atoms with Crippen LogP contribution < -0.4 is 0 Å². The Kier molecular flexibility index (Phi) is 16.1. The van der Waals surface area contributed by atoms with E-state index in [1.807, 2.05) is 0 Å². The van der Waals surface area contributed by atoms with Crippen molar-refractivity contribution in [2.45, 2.75) is 22.2 Å². The summed E-state index contributed by atoms with van der Waals surface area (Å²) in [5.74, 6) is 0. The minimum atomic E-state index is 0. The Morgan fingerprint density at radius 2 is 1.50 bits per heavy atom.